The standard InChI is InChI=1S/C13H16N4/c1-9-10(2)16-13(14)17-12(9)15-8-11-6-4-3-5-7-11/h3-7H,8H2,1-2H3,(H3,14,15,16,17). The molecule has 0 aliphatic carbocycles. The lowest BCUT2D eigenvalue weighted by atomic mass is 10.2. The van der Waals surface area contributed by atoms with E-state index in [4.69, 9.17) is 5.73 Å². The van der Waals surface area contributed by atoms with Crippen LogP contribution in [0.1, 0.15) is 16.8 Å². The second-order valence-corrected chi connectivity index (χ2v) is 3.98. The van der Waals surface area contributed by atoms with Crippen molar-refractivity contribution in [3.05, 3.63) is 47.2 Å². The van der Waals surface area contributed by atoms with E-state index in [1.807, 2.05) is 32.0 Å². The van der Waals surface area contributed by atoms with Crippen LogP contribution >= 0.6 is 0 Å². The molecule has 0 atom stereocenters. The Kier molecular flexibility index (Phi) is 3.23. The summed E-state index contributed by atoms with van der Waals surface area (Å²) in [6.45, 7) is 4.65. The summed E-state index contributed by atoms with van der Waals surface area (Å²) in [6, 6.07) is 10.2. The number of aryl methyl sites for hydroxylation is 1. The molecule has 1 aromatic carbocycles. The summed E-state index contributed by atoms with van der Waals surface area (Å²) in [5.41, 5.74) is 8.79. The van der Waals surface area contributed by atoms with Gasteiger partial charge in [0, 0.05) is 17.8 Å². The van der Waals surface area contributed by atoms with Crippen LogP contribution in [0.2, 0.25) is 0 Å². The summed E-state index contributed by atoms with van der Waals surface area (Å²) in [5.74, 6) is 1.11. The van der Waals surface area contributed by atoms with E-state index in [2.05, 4.69) is 27.4 Å². The van der Waals surface area contributed by atoms with Crippen molar-refractivity contribution in [2.24, 2.45) is 0 Å². The van der Waals surface area contributed by atoms with Gasteiger partial charge in [-0.25, -0.2) is 4.98 Å². The summed E-state index contributed by atoms with van der Waals surface area (Å²) >= 11 is 0. The van der Waals surface area contributed by atoms with Crippen LogP contribution in [0.25, 0.3) is 0 Å². The van der Waals surface area contributed by atoms with Gasteiger partial charge in [0.1, 0.15) is 5.82 Å². The number of benzene rings is 1. The van der Waals surface area contributed by atoms with Gasteiger partial charge in [-0.3, -0.25) is 0 Å². The number of nitrogens with one attached hydrogen (secondary N) is 1. The highest BCUT2D eigenvalue weighted by Gasteiger charge is 2.05. The summed E-state index contributed by atoms with van der Waals surface area (Å²) < 4.78 is 0. The molecule has 0 spiro atoms. The quantitative estimate of drug-likeness (QED) is 0.846. The fourth-order valence-electron chi connectivity index (χ4n) is 1.60. The van der Waals surface area contributed by atoms with Gasteiger partial charge in [0.05, 0.1) is 0 Å². The van der Waals surface area contributed by atoms with Crippen LogP contribution in [0, 0.1) is 13.8 Å². The molecule has 0 radical (unpaired) electrons. The van der Waals surface area contributed by atoms with Crippen molar-refractivity contribution >= 4 is 11.8 Å². The molecule has 88 valence electrons. The first-order valence-electron chi connectivity index (χ1n) is 5.55. The maximum absolute atomic E-state index is 5.64. The molecule has 2 aromatic rings. The lowest BCUT2D eigenvalue weighted by Gasteiger charge is -2.10. The predicted molar refractivity (Wildman–Crippen MR) is 69.7 cm³/mol. The van der Waals surface area contributed by atoms with Crippen LogP contribution in [0.4, 0.5) is 11.8 Å². The molecule has 1 aromatic heterocycles. The Morgan fingerprint density at radius 2 is 1.82 bits per heavy atom. The number of rotatable bonds is 3. The first-order valence-corrected chi connectivity index (χ1v) is 5.55. The zero-order valence-electron chi connectivity index (χ0n) is 10.1. The highest BCUT2D eigenvalue weighted by atomic mass is 15.1. The molecule has 1 heterocycles. The third kappa shape index (κ3) is 2.72. The Morgan fingerprint density at radius 3 is 2.53 bits per heavy atom. The number of aromatic nitrogens is 2. The zero-order valence-corrected chi connectivity index (χ0v) is 10.1. The Morgan fingerprint density at radius 1 is 1.12 bits per heavy atom. The second kappa shape index (κ2) is 4.82. The van der Waals surface area contributed by atoms with Gasteiger partial charge in [-0.1, -0.05) is 30.3 Å². The predicted octanol–water partition coefficient (Wildman–Crippen LogP) is 2.29. The SMILES string of the molecule is Cc1nc(N)nc(NCc2ccccc2)c1C. The van der Waals surface area contributed by atoms with Crippen LogP contribution in [0.5, 0.6) is 0 Å². The van der Waals surface area contributed by atoms with Gasteiger partial charge >= 0.3 is 0 Å². The van der Waals surface area contributed by atoms with Gasteiger partial charge in [0.15, 0.2) is 0 Å². The molecule has 17 heavy (non-hydrogen) atoms. The van der Waals surface area contributed by atoms with E-state index < -0.39 is 0 Å². The monoisotopic (exact) mass is 228 g/mol. The molecule has 0 fully saturated rings. The minimum atomic E-state index is 0.309. The van der Waals surface area contributed by atoms with Gasteiger partial charge in [-0.2, -0.15) is 4.98 Å². The van der Waals surface area contributed by atoms with Crippen LogP contribution in [0.3, 0.4) is 0 Å². The van der Waals surface area contributed by atoms with Crippen molar-refractivity contribution in [3.63, 3.8) is 0 Å². The molecular formula is C13H16N4. The number of hydrogen-bond donors (Lipinski definition) is 2. The fourth-order valence-corrected chi connectivity index (χ4v) is 1.60. The summed E-state index contributed by atoms with van der Waals surface area (Å²) in [4.78, 5) is 8.32. The van der Waals surface area contributed by atoms with Crippen molar-refractivity contribution in [2.45, 2.75) is 20.4 Å². The van der Waals surface area contributed by atoms with E-state index in [-0.39, 0.29) is 0 Å². The van der Waals surface area contributed by atoms with E-state index >= 15 is 0 Å². The number of anilines is 2. The van der Waals surface area contributed by atoms with Crippen molar-refractivity contribution in [2.75, 3.05) is 11.1 Å². The maximum atomic E-state index is 5.64. The Balaban J connectivity index is 2.14. The number of hydrogen-bond acceptors (Lipinski definition) is 4. The smallest absolute Gasteiger partial charge is 0.222 e. The number of nitrogen functional groups attached to an aromatic ring is 1. The molecule has 0 aliphatic heterocycles. The highest BCUT2D eigenvalue weighted by molar-refractivity contribution is 5.48. The largest absolute Gasteiger partial charge is 0.368 e. The maximum Gasteiger partial charge on any atom is 0.222 e. The lowest BCUT2D eigenvalue weighted by molar-refractivity contribution is 1.04. The Bertz CT molecular complexity index is 508. The summed E-state index contributed by atoms with van der Waals surface area (Å²) in [5, 5.41) is 3.28. The van der Waals surface area contributed by atoms with Gasteiger partial charge in [0.2, 0.25) is 5.95 Å². The molecule has 0 bridgehead atoms. The van der Waals surface area contributed by atoms with Crippen molar-refractivity contribution in [3.8, 4) is 0 Å². The van der Waals surface area contributed by atoms with Crippen molar-refractivity contribution < 1.29 is 0 Å². The van der Waals surface area contributed by atoms with Gasteiger partial charge in [0.25, 0.3) is 0 Å². The Labute approximate surface area is 101 Å². The average Bonchev–Trinajstić information content (AvgIpc) is 2.33. The fraction of sp³-hybridized carbons (Fsp3) is 0.231. The first kappa shape index (κ1) is 11.4. The lowest BCUT2D eigenvalue weighted by Crippen LogP contribution is -2.08. The molecular weight excluding hydrogens is 212 g/mol. The van der Waals surface area contributed by atoms with E-state index in [1.54, 1.807) is 0 Å². The van der Waals surface area contributed by atoms with E-state index in [9.17, 15) is 0 Å². The van der Waals surface area contributed by atoms with E-state index in [0.717, 1.165) is 23.6 Å². The van der Waals surface area contributed by atoms with Gasteiger partial charge in [-0.15, -0.1) is 0 Å². The first-order chi connectivity index (χ1) is 8.16. The van der Waals surface area contributed by atoms with E-state index in [0.29, 0.717) is 5.95 Å². The van der Waals surface area contributed by atoms with Crippen LogP contribution in [-0.4, -0.2) is 9.97 Å². The molecule has 0 saturated carbocycles. The molecule has 0 aliphatic rings. The van der Waals surface area contributed by atoms with Gasteiger partial charge in [-0.05, 0) is 19.4 Å². The number of nitrogens with zero attached hydrogens (tertiary/aromatic N) is 2. The Hall–Kier alpha value is -2.10. The minimum Gasteiger partial charge on any atom is -0.368 e. The highest BCUT2D eigenvalue weighted by Crippen LogP contribution is 2.16. The van der Waals surface area contributed by atoms with Crippen molar-refractivity contribution in [1.82, 2.24) is 9.97 Å². The molecule has 0 amide bonds. The molecule has 4 nitrogen and oxygen atoms in total. The normalized spacial score (nSPS) is 10.2. The third-order valence-corrected chi connectivity index (χ3v) is 2.71. The van der Waals surface area contributed by atoms with Crippen LogP contribution < -0.4 is 11.1 Å². The number of nitrogens with two attached hydrogens (primary N) is 1. The van der Waals surface area contributed by atoms with Crippen molar-refractivity contribution in [1.29, 1.82) is 0 Å². The summed E-state index contributed by atoms with van der Waals surface area (Å²) in [7, 11) is 0. The molecule has 2 rings (SSSR count). The summed E-state index contributed by atoms with van der Waals surface area (Å²) in [6.07, 6.45) is 0. The third-order valence-electron chi connectivity index (χ3n) is 2.71. The molecule has 0 saturated heterocycles. The van der Waals surface area contributed by atoms with E-state index in [1.165, 1.54) is 5.56 Å². The second-order valence-electron chi connectivity index (χ2n) is 3.98. The topological polar surface area (TPSA) is 63.8 Å². The molecule has 0 unspecified atom stereocenters. The van der Waals surface area contributed by atoms with Crippen LogP contribution in [-0.2, 0) is 6.54 Å². The minimum absolute atomic E-state index is 0.309. The van der Waals surface area contributed by atoms with Gasteiger partial charge < -0.3 is 11.1 Å². The molecule has 4 heteroatoms. The zero-order chi connectivity index (χ0) is 12.3. The average molecular weight is 228 g/mol. The molecule has 3 N–H and O–H groups in total. The van der Waals surface area contributed by atoms with Crippen LogP contribution in [0.15, 0.2) is 30.3 Å².